The maximum atomic E-state index is 11.3. The van der Waals surface area contributed by atoms with Gasteiger partial charge in [0.15, 0.2) is 24.1 Å². The molecule has 1 aromatic rings. The van der Waals surface area contributed by atoms with E-state index >= 15 is 0 Å². The summed E-state index contributed by atoms with van der Waals surface area (Å²) in [6, 6.07) is 1.73. The Morgan fingerprint density at radius 1 is 1.79 bits per heavy atom. The van der Waals surface area contributed by atoms with Crippen LogP contribution in [0.4, 0.5) is 5.82 Å². The number of Topliss-reactive ketones (excluding diaryl/α,β-unsaturated/α-hetero) is 1. The minimum Gasteiger partial charge on any atom is -0.469 e. The van der Waals surface area contributed by atoms with Gasteiger partial charge in [0.05, 0.1) is 5.33 Å². The van der Waals surface area contributed by atoms with Crippen LogP contribution in [-0.4, -0.2) is 29.9 Å². The number of ketones is 1. The topological polar surface area (TPSA) is 42.4 Å². The van der Waals surface area contributed by atoms with Crippen LogP contribution in [-0.2, 0) is 0 Å². The number of rotatable bonds is 2. The molecule has 0 spiro atoms. The number of alkyl halides is 1. The lowest BCUT2D eigenvalue weighted by Crippen LogP contribution is -2.15. The molecule has 0 radical (unpaired) electrons. The molecule has 1 aliphatic heterocycles. The largest absolute Gasteiger partial charge is 0.469 e. The lowest BCUT2D eigenvalue weighted by atomic mass is 10.2. The second kappa shape index (κ2) is 3.57. The molecule has 2 heterocycles. The number of pyridine rings is 1. The van der Waals surface area contributed by atoms with Gasteiger partial charge < -0.3 is 9.64 Å². The number of nitrogens with zero attached hydrogens (tertiary/aromatic N) is 2. The molecule has 0 fully saturated rings. The van der Waals surface area contributed by atoms with Crippen molar-refractivity contribution in [3.63, 3.8) is 0 Å². The van der Waals surface area contributed by atoms with Crippen molar-refractivity contribution in [3.05, 3.63) is 17.8 Å². The molecule has 0 saturated carbocycles. The first kappa shape index (κ1) is 9.45. The molecule has 0 aromatic carbocycles. The maximum absolute atomic E-state index is 11.3. The number of carbonyl (C=O) groups excluding carboxylic acids is 1. The lowest BCUT2D eigenvalue weighted by Gasteiger charge is -2.05. The first-order chi connectivity index (χ1) is 6.72. The molecular formula is C9H9BrN2O2. The molecule has 0 amide bonds. The fourth-order valence-corrected chi connectivity index (χ4v) is 1.61. The summed E-state index contributed by atoms with van der Waals surface area (Å²) < 4.78 is 5.34. The maximum Gasteiger partial charge on any atom is 0.175 e. The van der Waals surface area contributed by atoms with Crippen LogP contribution in [0.2, 0.25) is 0 Å². The summed E-state index contributed by atoms with van der Waals surface area (Å²) in [6.45, 7) is 0.494. The third kappa shape index (κ3) is 1.48. The lowest BCUT2D eigenvalue weighted by molar-refractivity contribution is 0.102. The van der Waals surface area contributed by atoms with Crippen molar-refractivity contribution in [1.29, 1.82) is 0 Å². The Balaban J connectivity index is 2.37. The summed E-state index contributed by atoms with van der Waals surface area (Å²) in [4.78, 5) is 17.4. The fraction of sp³-hybridized carbons (Fsp3) is 0.333. The fourth-order valence-electron chi connectivity index (χ4n) is 1.29. The van der Waals surface area contributed by atoms with Crippen molar-refractivity contribution in [3.8, 4) is 5.75 Å². The summed E-state index contributed by atoms with van der Waals surface area (Å²) >= 11 is 3.12. The van der Waals surface area contributed by atoms with Crippen molar-refractivity contribution in [2.75, 3.05) is 24.0 Å². The molecule has 5 heteroatoms. The van der Waals surface area contributed by atoms with E-state index in [9.17, 15) is 4.79 Å². The number of fused-ring (bicyclic) bond motifs is 1. The average Bonchev–Trinajstić information content (AvgIpc) is 2.59. The van der Waals surface area contributed by atoms with Gasteiger partial charge >= 0.3 is 0 Å². The number of hydrogen-bond acceptors (Lipinski definition) is 4. The number of carbonyl (C=O) groups is 1. The zero-order chi connectivity index (χ0) is 10.1. The van der Waals surface area contributed by atoms with Gasteiger partial charge in [0.25, 0.3) is 0 Å². The quantitative estimate of drug-likeness (QED) is 0.594. The Kier molecular flexibility index (Phi) is 2.41. The number of anilines is 1. The molecule has 0 atom stereocenters. The number of ether oxygens (including phenoxy) is 1. The molecule has 1 aromatic heterocycles. The second-order valence-electron chi connectivity index (χ2n) is 3.07. The highest BCUT2D eigenvalue weighted by Gasteiger charge is 2.19. The first-order valence-corrected chi connectivity index (χ1v) is 5.27. The van der Waals surface area contributed by atoms with E-state index in [4.69, 9.17) is 4.74 Å². The second-order valence-corrected chi connectivity index (χ2v) is 3.63. The van der Waals surface area contributed by atoms with Gasteiger partial charge in [0.1, 0.15) is 0 Å². The van der Waals surface area contributed by atoms with Crippen LogP contribution < -0.4 is 9.64 Å². The van der Waals surface area contributed by atoms with E-state index in [1.807, 2.05) is 11.9 Å². The first-order valence-electron chi connectivity index (χ1n) is 4.15. The Morgan fingerprint density at radius 2 is 2.57 bits per heavy atom. The molecule has 0 bridgehead atoms. The zero-order valence-corrected chi connectivity index (χ0v) is 9.24. The summed E-state index contributed by atoms with van der Waals surface area (Å²) in [6.07, 6.45) is 1.58. The van der Waals surface area contributed by atoms with E-state index in [1.54, 1.807) is 12.3 Å². The highest BCUT2D eigenvalue weighted by molar-refractivity contribution is 9.09. The molecule has 2 rings (SSSR count). The third-order valence-electron chi connectivity index (χ3n) is 2.05. The summed E-state index contributed by atoms with van der Waals surface area (Å²) in [5.74, 6) is 1.48. The van der Waals surface area contributed by atoms with Gasteiger partial charge in [0.2, 0.25) is 0 Å². The van der Waals surface area contributed by atoms with Crippen LogP contribution in [0.25, 0.3) is 0 Å². The van der Waals surface area contributed by atoms with Gasteiger partial charge in [0, 0.05) is 18.8 Å². The average molecular weight is 257 g/mol. The number of halogens is 1. The number of aromatic nitrogens is 1. The van der Waals surface area contributed by atoms with E-state index in [0.29, 0.717) is 23.4 Å². The highest BCUT2D eigenvalue weighted by atomic mass is 79.9. The molecule has 1 aliphatic rings. The van der Waals surface area contributed by atoms with Crippen LogP contribution >= 0.6 is 15.9 Å². The van der Waals surface area contributed by atoms with Crippen LogP contribution in [0.3, 0.4) is 0 Å². The SMILES string of the molecule is CN1COc2cc(C(=O)CBr)cnc21. The van der Waals surface area contributed by atoms with Crippen molar-refractivity contribution >= 4 is 27.5 Å². The van der Waals surface area contributed by atoms with E-state index in [1.165, 1.54) is 0 Å². The van der Waals surface area contributed by atoms with Crippen molar-refractivity contribution in [1.82, 2.24) is 4.98 Å². The van der Waals surface area contributed by atoms with E-state index < -0.39 is 0 Å². The Bertz CT molecular complexity index is 381. The van der Waals surface area contributed by atoms with Gasteiger partial charge in [-0.05, 0) is 6.07 Å². The van der Waals surface area contributed by atoms with Crippen LogP contribution in [0, 0.1) is 0 Å². The van der Waals surface area contributed by atoms with Crippen LogP contribution in [0.1, 0.15) is 10.4 Å². The predicted octanol–water partition coefficient (Wildman–Crippen LogP) is 1.45. The summed E-state index contributed by atoms with van der Waals surface area (Å²) in [5, 5.41) is 0.309. The third-order valence-corrected chi connectivity index (χ3v) is 2.56. The normalized spacial score (nSPS) is 13.7. The van der Waals surface area contributed by atoms with Gasteiger partial charge in [-0.25, -0.2) is 4.98 Å². The van der Waals surface area contributed by atoms with Gasteiger partial charge in [-0.1, -0.05) is 15.9 Å². The minimum atomic E-state index is 0.0125. The van der Waals surface area contributed by atoms with Gasteiger partial charge in [-0.15, -0.1) is 0 Å². The summed E-state index contributed by atoms with van der Waals surface area (Å²) in [7, 11) is 1.89. The standard InChI is InChI=1S/C9H9BrN2O2/c1-12-5-14-8-2-6(7(13)3-10)4-11-9(8)12/h2,4H,3,5H2,1H3. The van der Waals surface area contributed by atoms with E-state index in [2.05, 4.69) is 20.9 Å². The summed E-state index contributed by atoms with van der Waals surface area (Å²) in [5.41, 5.74) is 0.580. The van der Waals surface area contributed by atoms with Gasteiger partial charge in [-0.2, -0.15) is 0 Å². The zero-order valence-electron chi connectivity index (χ0n) is 7.66. The van der Waals surface area contributed by atoms with Crippen molar-refractivity contribution in [2.24, 2.45) is 0 Å². The molecule has 0 saturated heterocycles. The molecule has 0 N–H and O–H groups in total. The molecular weight excluding hydrogens is 248 g/mol. The predicted molar refractivity (Wildman–Crippen MR) is 56.3 cm³/mol. The minimum absolute atomic E-state index is 0.0125. The van der Waals surface area contributed by atoms with Crippen LogP contribution in [0.15, 0.2) is 12.3 Å². The van der Waals surface area contributed by atoms with E-state index in [-0.39, 0.29) is 5.78 Å². The van der Waals surface area contributed by atoms with Crippen molar-refractivity contribution in [2.45, 2.75) is 0 Å². The smallest absolute Gasteiger partial charge is 0.175 e. The number of hydrogen-bond donors (Lipinski definition) is 0. The van der Waals surface area contributed by atoms with Crippen LogP contribution in [0.5, 0.6) is 5.75 Å². The monoisotopic (exact) mass is 256 g/mol. The highest BCUT2D eigenvalue weighted by Crippen LogP contribution is 2.30. The Hall–Kier alpha value is -1.10. The molecule has 74 valence electrons. The Morgan fingerprint density at radius 3 is 3.29 bits per heavy atom. The van der Waals surface area contributed by atoms with E-state index in [0.717, 1.165) is 5.82 Å². The molecule has 0 aliphatic carbocycles. The Labute approximate surface area is 90.0 Å². The molecule has 14 heavy (non-hydrogen) atoms. The molecule has 4 nitrogen and oxygen atoms in total. The molecule has 0 unspecified atom stereocenters. The van der Waals surface area contributed by atoms with Gasteiger partial charge in [-0.3, -0.25) is 4.79 Å². The van der Waals surface area contributed by atoms with Crippen molar-refractivity contribution < 1.29 is 9.53 Å².